The van der Waals surface area contributed by atoms with Gasteiger partial charge in [-0.3, -0.25) is 4.98 Å². The van der Waals surface area contributed by atoms with E-state index in [-0.39, 0.29) is 5.69 Å². The maximum absolute atomic E-state index is 10.4. The molecule has 11 heavy (non-hydrogen) atoms. The molecular formula is C6H6N2O2S. The highest BCUT2D eigenvalue weighted by Crippen LogP contribution is 2.04. The molecule has 58 valence electrons. The van der Waals surface area contributed by atoms with Crippen LogP contribution in [0.25, 0.3) is 0 Å². The molecule has 0 saturated heterocycles. The highest BCUT2D eigenvalue weighted by atomic mass is 32.1. The van der Waals surface area contributed by atoms with Gasteiger partial charge in [0.2, 0.25) is 0 Å². The van der Waals surface area contributed by atoms with Crippen LogP contribution < -0.4 is 0 Å². The number of rotatable bonds is 1. The molecule has 0 fully saturated rings. The maximum Gasteiger partial charge on any atom is 0.356 e. The van der Waals surface area contributed by atoms with Crippen molar-refractivity contribution in [3.05, 3.63) is 17.6 Å². The number of aryl methyl sites for hydroxylation is 1. The smallest absolute Gasteiger partial charge is 0.356 e. The van der Waals surface area contributed by atoms with Crippen LogP contribution in [-0.4, -0.2) is 21.0 Å². The molecule has 1 rings (SSSR count). The Morgan fingerprint density at radius 1 is 1.73 bits per heavy atom. The summed E-state index contributed by atoms with van der Waals surface area (Å²) in [6.45, 7) is 1.59. The second-order valence-corrected chi connectivity index (χ2v) is 2.43. The van der Waals surface area contributed by atoms with Gasteiger partial charge in [0, 0.05) is 0 Å². The Morgan fingerprint density at radius 2 is 2.36 bits per heavy atom. The normalized spacial score (nSPS) is 9.64. The Bertz CT molecular complexity index is 301. The lowest BCUT2D eigenvalue weighted by Crippen LogP contribution is -2.05. The predicted molar refractivity (Wildman–Crippen MR) is 41.0 cm³/mol. The van der Waals surface area contributed by atoms with E-state index in [1.807, 2.05) is 0 Å². The number of hydrogen-bond donors (Lipinski definition) is 2. The van der Waals surface area contributed by atoms with Crippen LogP contribution in [0.15, 0.2) is 11.2 Å². The fourth-order valence-electron chi connectivity index (χ4n) is 0.643. The van der Waals surface area contributed by atoms with E-state index in [1.54, 1.807) is 6.92 Å². The molecule has 1 aromatic rings. The number of hydrogen-bond acceptors (Lipinski definition) is 4. The van der Waals surface area contributed by atoms with Gasteiger partial charge in [0.05, 0.1) is 11.9 Å². The van der Waals surface area contributed by atoms with Gasteiger partial charge in [-0.1, -0.05) is 0 Å². The van der Waals surface area contributed by atoms with Crippen LogP contribution in [0.1, 0.15) is 16.2 Å². The Balaban J connectivity index is 3.23. The van der Waals surface area contributed by atoms with E-state index >= 15 is 0 Å². The van der Waals surface area contributed by atoms with Gasteiger partial charge >= 0.3 is 5.97 Å². The largest absolute Gasteiger partial charge is 0.476 e. The quantitative estimate of drug-likeness (QED) is 0.611. The average molecular weight is 170 g/mol. The average Bonchev–Trinajstić information content (AvgIpc) is 1.94. The minimum absolute atomic E-state index is 0.0440. The van der Waals surface area contributed by atoms with Gasteiger partial charge in [0.25, 0.3) is 0 Å². The topological polar surface area (TPSA) is 63.1 Å². The van der Waals surface area contributed by atoms with E-state index in [9.17, 15) is 4.79 Å². The van der Waals surface area contributed by atoms with Crippen molar-refractivity contribution in [3.8, 4) is 0 Å². The van der Waals surface area contributed by atoms with Crippen LogP contribution in [0, 0.1) is 6.92 Å². The van der Waals surface area contributed by atoms with Gasteiger partial charge in [0.15, 0.2) is 5.69 Å². The molecule has 0 aliphatic rings. The molecule has 0 atom stereocenters. The number of carboxylic acid groups (broad SMARTS) is 1. The lowest BCUT2D eigenvalue weighted by molar-refractivity contribution is 0.0688. The summed E-state index contributed by atoms with van der Waals surface area (Å²) in [6, 6.07) is 0. The van der Waals surface area contributed by atoms with Gasteiger partial charge in [-0.15, -0.1) is 12.6 Å². The third-order valence-corrected chi connectivity index (χ3v) is 1.36. The summed E-state index contributed by atoms with van der Waals surface area (Å²) in [5.41, 5.74) is 0.354. The van der Waals surface area contributed by atoms with Gasteiger partial charge in [-0.05, 0) is 6.92 Å². The number of thiol groups is 1. The molecule has 5 heteroatoms. The molecule has 0 saturated carbocycles. The van der Waals surface area contributed by atoms with Gasteiger partial charge in [0.1, 0.15) is 5.03 Å². The van der Waals surface area contributed by atoms with Crippen LogP contribution in [0.5, 0.6) is 0 Å². The van der Waals surface area contributed by atoms with Crippen molar-refractivity contribution in [1.29, 1.82) is 0 Å². The van der Waals surface area contributed by atoms with Gasteiger partial charge in [-0.25, -0.2) is 9.78 Å². The number of nitrogens with zero attached hydrogens (tertiary/aromatic N) is 2. The summed E-state index contributed by atoms with van der Waals surface area (Å²) in [5, 5.41) is 8.87. The summed E-state index contributed by atoms with van der Waals surface area (Å²) >= 11 is 3.86. The van der Waals surface area contributed by atoms with Crippen LogP contribution in [-0.2, 0) is 0 Å². The molecule has 0 amide bonds. The van der Waals surface area contributed by atoms with E-state index in [2.05, 4.69) is 22.6 Å². The summed E-state index contributed by atoms with van der Waals surface area (Å²) in [5.74, 6) is -1.08. The van der Waals surface area contributed by atoms with Crippen molar-refractivity contribution in [3.63, 3.8) is 0 Å². The van der Waals surface area contributed by atoms with Crippen LogP contribution >= 0.6 is 12.6 Å². The van der Waals surface area contributed by atoms with Gasteiger partial charge in [-0.2, -0.15) is 0 Å². The Labute approximate surface area is 68.7 Å². The zero-order valence-corrected chi connectivity index (χ0v) is 6.67. The molecule has 0 spiro atoms. The molecule has 0 aliphatic heterocycles. The maximum atomic E-state index is 10.4. The Morgan fingerprint density at radius 3 is 2.82 bits per heavy atom. The molecule has 4 nitrogen and oxygen atoms in total. The summed E-state index contributed by atoms with van der Waals surface area (Å²) < 4.78 is 0. The number of aromatic nitrogens is 2. The molecular weight excluding hydrogens is 164 g/mol. The minimum atomic E-state index is -1.08. The zero-order valence-electron chi connectivity index (χ0n) is 5.77. The van der Waals surface area contributed by atoms with E-state index < -0.39 is 5.97 Å². The van der Waals surface area contributed by atoms with Crippen molar-refractivity contribution in [2.24, 2.45) is 0 Å². The Kier molecular flexibility index (Phi) is 2.09. The predicted octanol–water partition coefficient (Wildman–Crippen LogP) is 0.772. The molecule has 1 heterocycles. The first-order valence-electron chi connectivity index (χ1n) is 2.87. The van der Waals surface area contributed by atoms with E-state index in [0.717, 1.165) is 0 Å². The first kappa shape index (κ1) is 8.00. The molecule has 0 unspecified atom stereocenters. The zero-order chi connectivity index (χ0) is 8.43. The van der Waals surface area contributed by atoms with E-state index in [0.29, 0.717) is 10.7 Å². The molecule has 0 radical (unpaired) electrons. The molecule has 1 N–H and O–H groups in total. The van der Waals surface area contributed by atoms with Crippen molar-refractivity contribution in [2.45, 2.75) is 11.9 Å². The number of carbonyl (C=O) groups is 1. The first-order valence-corrected chi connectivity index (χ1v) is 3.32. The fourth-order valence-corrected chi connectivity index (χ4v) is 0.800. The van der Waals surface area contributed by atoms with Crippen molar-refractivity contribution < 1.29 is 9.90 Å². The van der Waals surface area contributed by atoms with Crippen molar-refractivity contribution in [2.75, 3.05) is 0 Å². The lowest BCUT2D eigenvalue weighted by atomic mass is 10.3. The number of aromatic carboxylic acids is 1. The Hall–Kier alpha value is -1.10. The standard InChI is InChI=1S/C6H6N2O2S/c1-3-5(6(9)10)8-4(11)2-7-3/h2H,1H3,(H,8,11)(H,9,10). The third-order valence-electron chi connectivity index (χ3n) is 1.15. The molecule has 0 aliphatic carbocycles. The van der Waals surface area contributed by atoms with Crippen molar-refractivity contribution in [1.82, 2.24) is 9.97 Å². The highest BCUT2D eigenvalue weighted by molar-refractivity contribution is 7.80. The summed E-state index contributed by atoms with van der Waals surface area (Å²) in [6.07, 6.45) is 1.41. The third kappa shape index (κ3) is 1.68. The minimum Gasteiger partial charge on any atom is -0.476 e. The summed E-state index contributed by atoms with van der Waals surface area (Å²) in [4.78, 5) is 17.9. The number of carboxylic acids is 1. The monoisotopic (exact) mass is 170 g/mol. The van der Waals surface area contributed by atoms with E-state index in [4.69, 9.17) is 5.11 Å². The highest BCUT2D eigenvalue weighted by Gasteiger charge is 2.09. The van der Waals surface area contributed by atoms with Crippen molar-refractivity contribution >= 4 is 18.6 Å². The summed E-state index contributed by atoms with van der Waals surface area (Å²) in [7, 11) is 0. The molecule has 0 aromatic carbocycles. The first-order chi connectivity index (χ1) is 5.11. The van der Waals surface area contributed by atoms with E-state index in [1.165, 1.54) is 6.20 Å². The van der Waals surface area contributed by atoms with Crippen LogP contribution in [0.2, 0.25) is 0 Å². The molecule has 0 bridgehead atoms. The SMILES string of the molecule is Cc1ncc(S)nc1C(=O)O. The van der Waals surface area contributed by atoms with Crippen LogP contribution in [0.4, 0.5) is 0 Å². The molecule has 1 aromatic heterocycles. The van der Waals surface area contributed by atoms with Gasteiger partial charge < -0.3 is 5.11 Å². The fraction of sp³-hybridized carbons (Fsp3) is 0.167. The second kappa shape index (κ2) is 2.87. The van der Waals surface area contributed by atoms with Crippen LogP contribution in [0.3, 0.4) is 0 Å². The lowest BCUT2D eigenvalue weighted by Gasteiger charge is -1.97. The second-order valence-electron chi connectivity index (χ2n) is 1.97.